The molecule has 0 saturated carbocycles. The van der Waals surface area contributed by atoms with E-state index in [2.05, 4.69) is 46.8 Å². The van der Waals surface area contributed by atoms with E-state index in [9.17, 15) is 0 Å². The lowest BCUT2D eigenvalue weighted by molar-refractivity contribution is 0.829. The fourth-order valence-electron chi connectivity index (χ4n) is 2.18. The van der Waals surface area contributed by atoms with Gasteiger partial charge in [-0.3, -0.25) is 0 Å². The summed E-state index contributed by atoms with van der Waals surface area (Å²) in [5.74, 6) is 0. The van der Waals surface area contributed by atoms with E-state index >= 15 is 0 Å². The molecule has 2 rings (SSSR count). The van der Waals surface area contributed by atoms with Crippen LogP contribution in [0.4, 0.5) is 0 Å². The maximum absolute atomic E-state index is 5.15. The summed E-state index contributed by atoms with van der Waals surface area (Å²) in [6, 6.07) is 8.41. The molecule has 1 aromatic carbocycles. The Balaban J connectivity index is 2.03. The first-order valence-electron chi connectivity index (χ1n) is 6.30. The van der Waals surface area contributed by atoms with E-state index in [0.29, 0.717) is 0 Å². The van der Waals surface area contributed by atoms with Crippen molar-refractivity contribution >= 4 is 28.2 Å². The van der Waals surface area contributed by atoms with Gasteiger partial charge in [-0.25, -0.2) is 0 Å². The van der Waals surface area contributed by atoms with Crippen LogP contribution in [0.25, 0.3) is 10.9 Å². The van der Waals surface area contributed by atoms with Crippen molar-refractivity contribution in [2.75, 3.05) is 13.1 Å². The average molecular weight is 261 g/mol. The second-order valence-corrected chi connectivity index (χ2v) is 4.72. The summed E-state index contributed by atoms with van der Waals surface area (Å²) in [6.07, 6.45) is 0.974. The molecule has 1 heterocycles. The molecule has 4 heteroatoms. The molecule has 0 saturated heterocycles. The minimum atomic E-state index is 0.731. The largest absolute Gasteiger partial charge is 0.363 e. The number of fused-ring (bicyclic) bond motifs is 1. The van der Waals surface area contributed by atoms with Crippen molar-refractivity contribution in [2.24, 2.45) is 0 Å². The highest BCUT2D eigenvalue weighted by molar-refractivity contribution is 7.80. The predicted molar refractivity (Wildman–Crippen MR) is 81.0 cm³/mol. The number of hydrogen-bond acceptors (Lipinski definition) is 1. The van der Waals surface area contributed by atoms with Crippen molar-refractivity contribution in [1.82, 2.24) is 15.6 Å². The molecule has 0 radical (unpaired) electrons. The van der Waals surface area contributed by atoms with Crippen LogP contribution < -0.4 is 10.6 Å². The van der Waals surface area contributed by atoms with Gasteiger partial charge in [0.1, 0.15) is 0 Å². The van der Waals surface area contributed by atoms with E-state index in [1.807, 2.05) is 6.92 Å². The molecule has 0 amide bonds. The number of aromatic nitrogens is 1. The second-order valence-electron chi connectivity index (χ2n) is 4.31. The number of aryl methyl sites for hydroxylation is 1. The van der Waals surface area contributed by atoms with Gasteiger partial charge in [0, 0.05) is 29.7 Å². The van der Waals surface area contributed by atoms with Gasteiger partial charge < -0.3 is 15.6 Å². The van der Waals surface area contributed by atoms with Crippen LogP contribution in [0.15, 0.2) is 24.3 Å². The summed E-state index contributed by atoms with van der Waals surface area (Å²) < 4.78 is 0. The van der Waals surface area contributed by atoms with Crippen molar-refractivity contribution in [1.29, 1.82) is 0 Å². The van der Waals surface area contributed by atoms with E-state index in [1.165, 1.54) is 22.2 Å². The molecule has 1 aromatic heterocycles. The molecule has 0 bridgehead atoms. The van der Waals surface area contributed by atoms with Gasteiger partial charge in [0.15, 0.2) is 5.11 Å². The molecule has 3 nitrogen and oxygen atoms in total. The van der Waals surface area contributed by atoms with Crippen LogP contribution >= 0.6 is 12.2 Å². The Labute approximate surface area is 113 Å². The number of H-pyrrole nitrogens is 1. The number of aromatic amines is 1. The first-order chi connectivity index (χ1) is 8.72. The number of thiocarbonyl (C=S) groups is 1. The van der Waals surface area contributed by atoms with E-state index in [4.69, 9.17) is 12.2 Å². The van der Waals surface area contributed by atoms with E-state index < -0.39 is 0 Å². The summed E-state index contributed by atoms with van der Waals surface area (Å²) in [4.78, 5) is 3.41. The van der Waals surface area contributed by atoms with Gasteiger partial charge in [-0.2, -0.15) is 0 Å². The highest BCUT2D eigenvalue weighted by atomic mass is 32.1. The lowest BCUT2D eigenvalue weighted by Gasteiger charge is -2.08. The molecule has 0 aliphatic rings. The summed E-state index contributed by atoms with van der Waals surface area (Å²) in [7, 11) is 0. The lowest BCUT2D eigenvalue weighted by Crippen LogP contribution is -2.36. The Hall–Kier alpha value is -1.55. The van der Waals surface area contributed by atoms with Gasteiger partial charge in [-0.15, -0.1) is 0 Å². The Bertz CT molecular complexity index is 545. The molecule has 0 atom stereocenters. The Morgan fingerprint density at radius 3 is 2.83 bits per heavy atom. The molecule has 2 aromatic rings. The highest BCUT2D eigenvalue weighted by Crippen LogP contribution is 2.21. The van der Waals surface area contributed by atoms with E-state index in [-0.39, 0.29) is 0 Å². The number of hydrogen-bond donors (Lipinski definition) is 3. The van der Waals surface area contributed by atoms with Gasteiger partial charge in [0.05, 0.1) is 0 Å². The Morgan fingerprint density at radius 1 is 1.28 bits per heavy atom. The zero-order valence-corrected chi connectivity index (χ0v) is 11.7. The maximum Gasteiger partial charge on any atom is 0.166 e. The van der Waals surface area contributed by atoms with Gasteiger partial charge in [-0.1, -0.05) is 18.2 Å². The standard InChI is InChI=1S/C14H19N3S/c1-3-15-14(18)16-9-8-11-10(2)17-13-7-5-4-6-12(11)13/h4-7,17H,3,8-9H2,1-2H3,(H2,15,16,18). The molecular weight excluding hydrogens is 242 g/mol. The molecule has 0 spiro atoms. The minimum Gasteiger partial charge on any atom is -0.363 e. The summed E-state index contributed by atoms with van der Waals surface area (Å²) in [5.41, 5.74) is 3.82. The maximum atomic E-state index is 5.15. The van der Waals surface area contributed by atoms with Crippen molar-refractivity contribution in [3.63, 3.8) is 0 Å². The van der Waals surface area contributed by atoms with Crippen LogP contribution in [-0.4, -0.2) is 23.2 Å². The van der Waals surface area contributed by atoms with Crippen LogP contribution in [0.3, 0.4) is 0 Å². The average Bonchev–Trinajstić information content (AvgIpc) is 2.66. The van der Waals surface area contributed by atoms with Gasteiger partial charge >= 0.3 is 0 Å². The van der Waals surface area contributed by atoms with Gasteiger partial charge in [-0.05, 0) is 44.1 Å². The van der Waals surface area contributed by atoms with Crippen LogP contribution in [-0.2, 0) is 6.42 Å². The SMILES string of the molecule is CCNC(=S)NCCc1c(C)[nH]c2ccccc12. The third kappa shape index (κ3) is 2.82. The topological polar surface area (TPSA) is 39.8 Å². The van der Waals surface area contributed by atoms with Gasteiger partial charge in [0.25, 0.3) is 0 Å². The number of nitrogens with one attached hydrogen (secondary N) is 3. The first kappa shape index (κ1) is 12.9. The quantitative estimate of drug-likeness (QED) is 0.741. The summed E-state index contributed by atoms with van der Waals surface area (Å²) >= 11 is 5.15. The van der Waals surface area contributed by atoms with Crippen molar-refractivity contribution < 1.29 is 0 Å². The number of para-hydroxylation sites is 1. The molecular formula is C14H19N3S. The number of benzene rings is 1. The molecule has 0 aliphatic carbocycles. The lowest BCUT2D eigenvalue weighted by atomic mass is 10.1. The number of rotatable bonds is 4. The monoisotopic (exact) mass is 261 g/mol. The molecule has 0 fully saturated rings. The summed E-state index contributed by atoms with van der Waals surface area (Å²) in [5, 5.41) is 8.35. The fraction of sp³-hybridized carbons (Fsp3) is 0.357. The van der Waals surface area contributed by atoms with Crippen molar-refractivity contribution in [3.05, 3.63) is 35.5 Å². The van der Waals surface area contributed by atoms with E-state index in [0.717, 1.165) is 24.6 Å². The third-order valence-corrected chi connectivity index (χ3v) is 3.31. The van der Waals surface area contributed by atoms with Crippen LogP contribution in [0.5, 0.6) is 0 Å². The summed E-state index contributed by atoms with van der Waals surface area (Å²) in [6.45, 7) is 5.88. The second kappa shape index (κ2) is 5.87. The Morgan fingerprint density at radius 2 is 2.06 bits per heavy atom. The van der Waals surface area contributed by atoms with Gasteiger partial charge in [0.2, 0.25) is 0 Å². The van der Waals surface area contributed by atoms with E-state index in [1.54, 1.807) is 0 Å². The predicted octanol–water partition coefficient (Wildman–Crippen LogP) is 2.50. The molecule has 3 N–H and O–H groups in total. The third-order valence-electron chi connectivity index (χ3n) is 3.02. The minimum absolute atomic E-state index is 0.731. The molecule has 0 unspecified atom stereocenters. The normalized spacial score (nSPS) is 10.6. The fourth-order valence-corrected chi connectivity index (χ4v) is 2.43. The smallest absolute Gasteiger partial charge is 0.166 e. The Kier molecular flexibility index (Phi) is 4.20. The van der Waals surface area contributed by atoms with Crippen LogP contribution in [0.2, 0.25) is 0 Å². The molecule has 96 valence electrons. The first-order valence-corrected chi connectivity index (χ1v) is 6.71. The van der Waals surface area contributed by atoms with Crippen LogP contribution in [0.1, 0.15) is 18.2 Å². The molecule has 0 aliphatic heterocycles. The molecule has 18 heavy (non-hydrogen) atoms. The zero-order valence-electron chi connectivity index (χ0n) is 10.8. The van der Waals surface area contributed by atoms with Crippen molar-refractivity contribution in [2.45, 2.75) is 20.3 Å². The van der Waals surface area contributed by atoms with Crippen molar-refractivity contribution in [3.8, 4) is 0 Å². The van der Waals surface area contributed by atoms with Crippen LogP contribution in [0, 0.1) is 6.92 Å². The zero-order chi connectivity index (χ0) is 13.0. The highest BCUT2D eigenvalue weighted by Gasteiger charge is 2.07.